The van der Waals surface area contributed by atoms with E-state index in [1.807, 2.05) is 13.8 Å². The third-order valence-electron chi connectivity index (χ3n) is 4.26. The normalized spacial score (nSPS) is 15.5. The molecule has 7 heteroatoms. The Morgan fingerprint density at radius 2 is 1.96 bits per heavy atom. The molecule has 0 aliphatic carbocycles. The van der Waals surface area contributed by atoms with Gasteiger partial charge in [0.2, 0.25) is 0 Å². The van der Waals surface area contributed by atoms with E-state index in [4.69, 9.17) is 4.74 Å². The van der Waals surface area contributed by atoms with Crippen LogP contribution in [0.4, 0.5) is 5.69 Å². The van der Waals surface area contributed by atoms with E-state index >= 15 is 0 Å². The van der Waals surface area contributed by atoms with Crippen LogP contribution in [0.3, 0.4) is 0 Å². The highest BCUT2D eigenvalue weighted by atomic mass is 32.2. The summed E-state index contributed by atoms with van der Waals surface area (Å²) < 4.78 is 38.4. The molecule has 26 heavy (non-hydrogen) atoms. The first-order chi connectivity index (χ1) is 12.2. The average molecular weight is 375 g/mol. The van der Waals surface area contributed by atoms with E-state index in [1.165, 1.54) is 19.2 Å². The van der Waals surface area contributed by atoms with Crippen LogP contribution in [0.25, 0.3) is 0 Å². The lowest BCUT2D eigenvalue weighted by Crippen LogP contribution is -2.32. The van der Waals surface area contributed by atoms with Crippen molar-refractivity contribution in [1.29, 1.82) is 0 Å². The summed E-state index contributed by atoms with van der Waals surface area (Å²) in [4.78, 5) is 11.8. The summed E-state index contributed by atoms with van der Waals surface area (Å²) >= 11 is 0. The van der Waals surface area contributed by atoms with Gasteiger partial charge >= 0.3 is 5.97 Å². The molecule has 3 rings (SSSR count). The Kier molecular flexibility index (Phi) is 4.66. The smallest absolute Gasteiger partial charge is 0.337 e. The largest absolute Gasteiger partial charge is 0.488 e. The number of nitrogens with one attached hydrogen (secondary N) is 1. The molecule has 0 radical (unpaired) electrons. The summed E-state index contributed by atoms with van der Waals surface area (Å²) in [6, 6.07) is 11.0. The van der Waals surface area contributed by atoms with E-state index in [2.05, 4.69) is 9.46 Å². The lowest BCUT2D eigenvalue weighted by molar-refractivity contribution is 0.0600. The molecule has 0 bridgehead atoms. The summed E-state index contributed by atoms with van der Waals surface area (Å²) in [5, 5.41) is 0. The molecule has 0 saturated carbocycles. The van der Waals surface area contributed by atoms with Crippen LogP contribution < -0.4 is 9.46 Å². The standard InChI is InChI=1S/C19H21NO5S/c1-19(2)10-9-13-12-16(7-8-17(13)25-19)26(22,23)20-15-6-4-5-14(11-15)18(21)24-3/h4-8,11-12,20H,9-10H2,1-3H3. The summed E-state index contributed by atoms with van der Waals surface area (Å²) in [5.74, 6) is 0.187. The van der Waals surface area contributed by atoms with Crippen molar-refractivity contribution in [2.45, 2.75) is 37.2 Å². The monoisotopic (exact) mass is 375 g/mol. The Labute approximate surface area is 153 Å². The zero-order valence-electron chi connectivity index (χ0n) is 14.9. The van der Waals surface area contributed by atoms with Gasteiger partial charge in [0.05, 0.1) is 17.6 Å². The van der Waals surface area contributed by atoms with Crippen LogP contribution in [0.1, 0.15) is 36.2 Å². The maximum Gasteiger partial charge on any atom is 0.337 e. The number of hydrogen-bond donors (Lipinski definition) is 1. The molecular formula is C19H21NO5S. The number of methoxy groups -OCH3 is 1. The minimum atomic E-state index is -3.78. The molecule has 2 aromatic carbocycles. The molecule has 138 valence electrons. The molecule has 0 spiro atoms. The summed E-state index contributed by atoms with van der Waals surface area (Å²) in [6.07, 6.45) is 1.57. The van der Waals surface area contributed by atoms with Gasteiger partial charge in [-0.05, 0) is 68.7 Å². The van der Waals surface area contributed by atoms with Crippen LogP contribution in [0.15, 0.2) is 47.4 Å². The first-order valence-corrected chi connectivity index (χ1v) is 9.72. The van der Waals surface area contributed by atoms with E-state index in [0.29, 0.717) is 11.4 Å². The molecule has 1 aliphatic heterocycles. The van der Waals surface area contributed by atoms with Gasteiger partial charge in [0.1, 0.15) is 11.4 Å². The predicted octanol–water partition coefficient (Wildman–Crippen LogP) is 3.38. The van der Waals surface area contributed by atoms with Crippen molar-refractivity contribution in [2.75, 3.05) is 11.8 Å². The fraction of sp³-hybridized carbons (Fsp3) is 0.316. The van der Waals surface area contributed by atoms with Crippen molar-refractivity contribution in [3.05, 3.63) is 53.6 Å². The molecule has 0 amide bonds. The summed E-state index contributed by atoms with van der Waals surface area (Å²) in [6.45, 7) is 4.02. The van der Waals surface area contributed by atoms with Crippen LogP contribution >= 0.6 is 0 Å². The van der Waals surface area contributed by atoms with Gasteiger partial charge in [-0.15, -0.1) is 0 Å². The third kappa shape index (κ3) is 3.83. The zero-order chi connectivity index (χ0) is 18.9. The number of hydrogen-bond acceptors (Lipinski definition) is 5. The van der Waals surface area contributed by atoms with Crippen molar-refractivity contribution >= 4 is 21.7 Å². The van der Waals surface area contributed by atoms with E-state index in [-0.39, 0.29) is 16.1 Å². The van der Waals surface area contributed by atoms with E-state index < -0.39 is 16.0 Å². The third-order valence-corrected chi connectivity index (χ3v) is 5.64. The Morgan fingerprint density at radius 3 is 2.69 bits per heavy atom. The van der Waals surface area contributed by atoms with Crippen molar-refractivity contribution < 1.29 is 22.7 Å². The first kappa shape index (κ1) is 18.3. The van der Waals surface area contributed by atoms with Crippen LogP contribution in [-0.4, -0.2) is 27.1 Å². The highest BCUT2D eigenvalue weighted by molar-refractivity contribution is 7.92. The fourth-order valence-corrected chi connectivity index (χ4v) is 3.94. The molecule has 0 atom stereocenters. The zero-order valence-corrected chi connectivity index (χ0v) is 15.7. The maximum absolute atomic E-state index is 12.7. The van der Waals surface area contributed by atoms with Crippen molar-refractivity contribution in [3.8, 4) is 5.75 Å². The van der Waals surface area contributed by atoms with Gasteiger partial charge in [0.15, 0.2) is 0 Å². The molecule has 1 N–H and O–H groups in total. The van der Waals surface area contributed by atoms with Crippen LogP contribution in [-0.2, 0) is 21.2 Å². The summed E-state index contributed by atoms with van der Waals surface area (Å²) in [7, 11) is -2.51. The second kappa shape index (κ2) is 6.64. The number of fused-ring (bicyclic) bond motifs is 1. The van der Waals surface area contributed by atoms with E-state index in [1.54, 1.807) is 30.3 Å². The number of rotatable bonds is 4. The van der Waals surface area contributed by atoms with Crippen molar-refractivity contribution in [2.24, 2.45) is 0 Å². The lowest BCUT2D eigenvalue weighted by atomic mass is 9.94. The highest BCUT2D eigenvalue weighted by Crippen LogP contribution is 2.34. The minimum absolute atomic E-state index is 0.156. The average Bonchev–Trinajstić information content (AvgIpc) is 2.59. The molecular weight excluding hydrogens is 354 g/mol. The number of carbonyl (C=O) groups excluding carboxylic acids is 1. The van der Waals surface area contributed by atoms with Crippen molar-refractivity contribution in [3.63, 3.8) is 0 Å². The SMILES string of the molecule is COC(=O)c1cccc(NS(=O)(=O)c2ccc3c(c2)CCC(C)(C)O3)c1. The lowest BCUT2D eigenvalue weighted by Gasteiger charge is -2.32. The second-order valence-electron chi connectivity index (χ2n) is 6.81. The van der Waals surface area contributed by atoms with Crippen LogP contribution in [0.5, 0.6) is 5.75 Å². The van der Waals surface area contributed by atoms with Crippen molar-refractivity contribution in [1.82, 2.24) is 0 Å². The van der Waals surface area contributed by atoms with Gasteiger partial charge in [0, 0.05) is 5.69 Å². The van der Waals surface area contributed by atoms with Gasteiger partial charge in [-0.2, -0.15) is 0 Å². The maximum atomic E-state index is 12.7. The number of ether oxygens (including phenoxy) is 2. The predicted molar refractivity (Wildman–Crippen MR) is 98.1 cm³/mol. The fourth-order valence-electron chi connectivity index (χ4n) is 2.84. The number of esters is 1. The number of carbonyl (C=O) groups is 1. The number of aryl methyl sites for hydroxylation is 1. The molecule has 0 fully saturated rings. The molecule has 0 saturated heterocycles. The molecule has 1 aliphatic rings. The Hall–Kier alpha value is -2.54. The van der Waals surface area contributed by atoms with Gasteiger partial charge in [0.25, 0.3) is 10.0 Å². The van der Waals surface area contributed by atoms with Gasteiger partial charge in [-0.25, -0.2) is 13.2 Å². The molecule has 0 unspecified atom stereocenters. The van der Waals surface area contributed by atoms with Crippen LogP contribution in [0.2, 0.25) is 0 Å². The minimum Gasteiger partial charge on any atom is -0.488 e. The molecule has 1 heterocycles. The van der Waals surface area contributed by atoms with Gasteiger partial charge in [-0.3, -0.25) is 4.72 Å². The number of benzene rings is 2. The van der Waals surface area contributed by atoms with E-state index in [9.17, 15) is 13.2 Å². The highest BCUT2D eigenvalue weighted by Gasteiger charge is 2.27. The topological polar surface area (TPSA) is 81.7 Å². The Balaban J connectivity index is 1.86. The molecule has 2 aromatic rings. The van der Waals surface area contributed by atoms with E-state index in [0.717, 1.165) is 18.4 Å². The van der Waals surface area contributed by atoms with Gasteiger partial charge in [-0.1, -0.05) is 6.07 Å². The van der Waals surface area contributed by atoms with Crippen LogP contribution in [0, 0.1) is 0 Å². The quantitative estimate of drug-likeness (QED) is 0.829. The first-order valence-electron chi connectivity index (χ1n) is 8.23. The Bertz CT molecular complexity index is 950. The molecule has 6 nitrogen and oxygen atoms in total. The number of sulfonamides is 1. The summed E-state index contributed by atoms with van der Waals surface area (Å²) in [5.41, 5.74) is 1.19. The molecule has 0 aromatic heterocycles. The Morgan fingerprint density at radius 1 is 1.19 bits per heavy atom. The number of anilines is 1. The van der Waals surface area contributed by atoms with Gasteiger partial charge < -0.3 is 9.47 Å². The second-order valence-corrected chi connectivity index (χ2v) is 8.49.